The highest BCUT2D eigenvalue weighted by atomic mass is 35.5. The summed E-state index contributed by atoms with van der Waals surface area (Å²) in [4.78, 5) is 54.9. The van der Waals surface area contributed by atoms with Crippen LogP contribution in [0, 0.1) is 17.8 Å². The summed E-state index contributed by atoms with van der Waals surface area (Å²) in [6, 6.07) is 13.2. The summed E-state index contributed by atoms with van der Waals surface area (Å²) >= 11 is 6.01. The van der Waals surface area contributed by atoms with Gasteiger partial charge in [0.05, 0.1) is 17.5 Å². The highest BCUT2D eigenvalue weighted by molar-refractivity contribution is 6.31. The Labute approximate surface area is 212 Å². The number of imide groups is 1. The van der Waals surface area contributed by atoms with Crippen LogP contribution in [0.3, 0.4) is 0 Å². The number of hydrogen-bond donors (Lipinski definition) is 1. The normalized spacial score (nSPS) is 27.4. The molecule has 0 radical (unpaired) electrons. The predicted molar refractivity (Wildman–Crippen MR) is 133 cm³/mol. The van der Waals surface area contributed by atoms with E-state index in [1.165, 1.54) is 11.0 Å². The molecule has 3 aliphatic carbocycles. The lowest BCUT2D eigenvalue weighted by molar-refractivity contribution is -0.123. The van der Waals surface area contributed by atoms with Gasteiger partial charge in [-0.1, -0.05) is 35.4 Å². The van der Waals surface area contributed by atoms with Crippen molar-refractivity contribution in [3.63, 3.8) is 0 Å². The third kappa shape index (κ3) is 3.24. The molecule has 6 rings (SSSR count). The minimum Gasteiger partial charge on any atom is -0.508 e. The molecule has 2 aromatic rings. The Balaban J connectivity index is 1.48. The molecule has 4 atom stereocenters. The molecule has 0 unspecified atom stereocenters. The molecule has 6 nitrogen and oxygen atoms in total. The van der Waals surface area contributed by atoms with Crippen molar-refractivity contribution < 1.29 is 24.3 Å². The first-order valence-corrected chi connectivity index (χ1v) is 12.3. The molecule has 0 aromatic heterocycles. The number of carbonyl (C=O) groups is 4. The molecular weight excluding hydrogens is 478 g/mol. The molecule has 36 heavy (non-hydrogen) atoms. The Hall–Kier alpha value is -3.77. The van der Waals surface area contributed by atoms with Crippen molar-refractivity contribution in [1.82, 2.24) is 0 Å². The lowest BCUT2D eigenvalue weighted by Gasteiger charge is -2.42. The second-order valence-electron chi connectivity index (χ2n) is 9.81. The third-order valence-corrected chi connectivity index (χ3v) is 8.11. The van der Waals surface area contributed by atoms with E-state index in [1.54, 1.807) is 49.4 Å². The van der Waals surface area contributed by atoms with Crippen LogP contribution in [0.15, 0.2) is 83.0 Å². The summed E-state index contributed by atoms with van der Waals surface area (Å²) in [6.45, 7) is 1.63. The number of anilines is 1. The zero-order valence-electron chi connectivity index (χ0n) is 19.4. The average molecular weight is 500 g/mol. The summed E-state index contributed by atoms with van der Waals surface area (Å²) in [6.07, 6.45) is 3.91. The first kappa shape index (κ1) is 22.7. The molecule has 1 saturated heterocycles. The van der Waals surface area contributed by atoms with E-state index in [0.717, 1.165) is 5.57 Å². The molecule has 7 heteroatoms. The van der Waals surface area contributed by atoms with E-state index in [9.17, 15) is 24.3 Å². The van der Waals surface area contributed by atoms with Crippen LogP contribution in [0.5, 0.6) is 5.75 Å². The zero-order valence-corrected chi connectivity index (χ0v) is 20.2. The fraction of sp³-hybridized carbons (Fsp3) is 0.241. The third-order valence-electron chi connectivity index (χ3n) is 7.85. The number of allylic oxidation sites excluding steroid dienone is 6. The smallest absolute Gasteiger partial charge is 0.238 e. The van der Waals surface area contributed by atoms with E-state index in [1.807, 2.05) is 12.1 Å². The number of hydrogen-bond acceptors (Lipinski definition) is 5. The van der Waals surface area contributed by atoms with E-state index >= 15 is 0 Å². The summed E-state index contributed by atoms with van der Waals surface area (Å²) in [5.41, 5.74) is 3.19. The summed E-state index contributed by atoms with van der Waals surface area (Å²) in [5.74, 6) is -3.12. The molecule has 180 valence electrons. The van der Waals surface area contributed by atoms with Gasteiger partial charge in [0.25, 0.3) is 0 Å². The number of rotatable bonds is 2. The highest BCUT2D eigenvalue weighted by Gasteiger charge is 2.56. The Morgan fingerprint density at radius 3 is 2.44 bits per heavy atom. The number of nitrogens with zero attached hydrogens (tertiary/aromatic N) is 1. The van der Waals surface area contributed by atoms with Crippen molar-refractivity contribution >= 4 is 40.7 Å². The van der Waals surface area contributed by atoms with Gasteiger partial charge in [0.2, 0.25) is 11.8 Å². The van der Waals surface area contributed by atoms with Gasteiger partial charge in [-0.2, -0.15) is 0 Å². The highest BCUT2D eigenvalue weighted by Crippen LogP contribution is 2.55. The molecular formula is C29H22ClNO5. The number of amides is 2. The van der Waals surface area contributed by atoms with Crippen molar-refractivity contribution in [2.24, 2.45) is 17.8 Å². The predicted octanol–water partition coefficient (Wildman–Crippen LogP) is 4.68. The number of halogens is 1. The van der Waals surface area contributed by atoms with E-state index < -0.39 is 23.7 Å². The van der Waals surface area contributed by atoms with Crippen LogP contribution in [-0.4, -0.2) is 28.5 Å². The minimum atomic E-state index is -0.642. The molecule has 1 N–H and O–H groups in total. The number of ketones is 2. The van der Waals surface area contributed by atoms with Crippen molar-refractivity contribution in [1.29, 1.82) is 0 Å². The van der Waals surface area contributed by atoms with Crippen LogP contribution in [-0.2, 0) is 19.2 Å². The van der Waals surface area contributed by atoms with Gasteiger partial charge >= 0.3 is 0 Å². The SMILES string of the molecule is CC1=CC(=O)C2=C(C1=O)[C@@H](c1cccc(O)c1)C1=CC[C@@H]3C(=O)N(c4ccc(Cl)cc4)C(=O)[C@@H]3[C@@H]1C2. The molecule has 2 amide bonds. The first-order valence-electron chi connectivity index (χ1n) is 11.9. The van der Waals surface area contributed by atoms with E-state index in [0.29, 0.717) is 39.4 Å². The monoisotopic (exact) mass is 499 g/mol. The zero-order chi connectivity index (χ0) is 25.3. The Morgan fingerprint density at radius 2 is 1.72 bits per heavy atom. The number of fused-ring (bicyclic) bond motifs is 3. The Kier molecular flexibility index (Phi) is 5.12. The minimum absolute atomic E-state index is 0.0499. The molecule has 0 saturated carbocycles. The Morgan fingerprint density at radius 1 is 0.972 bits per heavy atom. The summed E-state index contributed by atoms with van der Waals surface area (Å²) in [7, 11) is 0. The maximum atomic E-state index is 13.8. The van der Waals surface area contributed by atoms with Gasteiger partial charge in [-0.05, 0) is 73.7 Å². The number of carbonyl (C=O) groups excluding carboxylic acids is 4. The van der Waals surface area contributed by atoms with E-state index in [2.05, 4.69) is 0 Å². The van der Waals surface area contributed by atoms with Gasteiger partial charge in [0, 0.05) is 27.7 Å². The molecule has 1 aliphatic heterocycles. The van der Waals surface area contributed by atoms with E-state index in [-0.39, 0.29) is 35.6 Å². The van der Waals surface area contributed by atoms with Gasteiger partial charge in [-0.3, -0.25) is 24.1 Å². The molecule has 4 aliphatic rings. The van der Waals surface area contributed by atoms with Crippen LogP contribution in [0.4, 0.5) is 5.69 Å². The topological polar surface area (TPSA) is 91.8 Å². The lowest BCUT2D eigenvalue weighted by atomic mass is 9.59. The second kappa shape index (κ2) is 8.14. The molecule has 1 fully saturated rings. The number of phenols is 1. The number of Topliss-reactive ketones (excluding diaryl/α,β-unsaturated/α-hetero) is 1. The van der Waals surface area contributed by atoms with Crippen LogP contribution in [0.25, 0.3) is 0 Å². The molecule has 0 bridgehead atoms. The summed E-state index contributed by atoms with van der Waals surface area (Å²) < 4.78 is 0. The molecule has 1 heterocycles. The molecule has 2 aromatic carbocycles. The lowest BCUT2D eigenvalue weighted by Crippen LogP contribution is -2.39. The van der Waals surface area contributed by atoms with E-state index in [4.69, 9.17) is 11.6 Å². The Bertz CT molecular complexity index is 1460. The van der Waals surface area contributed by atoms with Gasteiger partial charge in [0.15, 0.2) is 11.6 Å². The van der Waals surface area contributed by atoms with Crippen LogP contribution in [0.2, 0.25) is 5.02 Å². The second-order valence-corrected chi connectivity index (χ2v) is 10.2. The van der Waals surface area contributed by atoms with Crippen molar-refractivity contribution in [2.45, 2.75) is 25.7 Å². The first-order chi connectivity index (χ1) is 17.3. The van der Waals surface area contributed by atoms with Crippen molar-refractivity contribution in [2.75, 3.05) is 4.90 Å². The number of phenolic OH excluding ortho intramolecular Hbond substituents is 1. The van der Waals surface area contributed by atoms with Crippen molar-refractivity contribution in [3.05, 3.63) is 93.6 Å². The van der Waals surface area contributed by atoms with Crippen LogP contribution < -0.4 is 4.90 Å². The maximum Gasteiger partial charge on any atom is 0.238 e. The van der Waals surface area contributed by atoms with Gasteiger partial charge in [0.1, 0.15) is 5.75 Å². The molecule has 0 spiro atoms. The van der Waals surface area contributed by atoms with Gasteiger partial charge in [-0.25, -0.2) is 0 Å². The maximum absolute atomic E-state index is 13.8. The van der Waals surface area contributed by atoms with Gasteiger partial charge in [-0.15, -0.1) is 0 Å². The standard InChI is InChI=1S/C29H22ClNO5/c1-14-11-23(33)22-13-21-19(24(26(22)27(14)34)15-3-2-4-18(32)12-15)9-10-20-25(21)29(36)31(28(20)35)17-7-5-16(30)6-8-17/h2-9,11-12,20-21,24-25,32H,10,13H2,1H3/t20-,21+,24-,25-/m0/s1. The van der Waals surface area contributed by atoms with Gasteiger partial charge < -0.3 is 5.11 Å². The summed E-state index contributed by atoms with van der Waals surface area (Å²) in [5, 5.41) is 10.7. The fourth-order valence-electron chi connectivity index (χ4n) is 6.29. The number of benzene rings is 2. The fourth-order valence-corrected chi connectivity index (χ4v) is 6.42. The van der Waals surface area contributed by atoms with Crippen LogP contribution in [0.1, 0.15) is 31.2 Å². The average Bonchev–Trinajstić information content (AvgIpc) is 3.12. The number of aromatic hydroxyl groups is 1. The van der Waals surface area contributed by atoms with Crippen molar-refractivity contribution in [3.8, 4) is 5.75 Å². The quantitative estimate of drug-likeness (QED) is 0.368. The largest absolute Gasteiger partial charge is 0.508 e. The van der Waals surface area contributed by atoms with Crippen LogP contribution >= 0.6 is 11.6 Å².